The van der Waals surface area contributed by atoms with Gasteiger partial charge in [-0.05, 0) is 41.4 Å². The van der Waals surface area contributed by atoms with Gasteiger partial charge in [-0.3, -0.25) is 0 Å². The standard InChI is InChI=1S/C13H15NO3S2/c1-10-2-4-12(5-3-10)19(16,17)14-8-13(15)11-6-7-18-9-11/h2-7,9,13-15H,8H2,1H3. The summed E-state index contributed by atoms with van der Waals surface area (Å²) in [6.07, 6.45) is -0.827. The van der Waals surface area contributed by atoms with Crippen LogP contribution in [0.3, 0.4) is 0 Å². The largest absolute Gasteiger partial charge is 0.387 e. The van der Waals surface area contributed by atoms with E-state index in [1.54, 1.807) is 35.7 Å². The first kappa shape index (κ1) is 14.2. The van der Waals surface area contributed by atoms with Crippen LogP contribution in [-0.2, 0) is 10.0 Å². The third-order valence-corrected chi connectivity index (χ3v) is 4.87. The average Bonchev–Trinajstić information content (AvgIpc) is 2.90. The number of rotatable bonds is 5. The molecule has 0 aliphatic heterocycles. The molecule has 0 spiro atoms. The fraction of sp³-hybridized carbons (Fsp3) is 0.231. The van der Waals surface area contributed by atoms with Gasteiger partial charge in [-0.1, -0.05) is 17.7 Å². The van der Waals surface area contributed by atoms with Crippen molar-refractivity contribution < 1.29 is 13.5 Å². The van der Waals surface area contributed by atoms with E-state index in [1.165, 1.54) is 11.3 Å². The van der Waals surface area contributed by atoms with E-state index in [1.807, 2.05) is 12.3 Å². The molecule has 2 N–H and O–H groups in total. The van der Waals surface area contributed by atoms with Crippen molar-refractivity contribution in [3.63, 3.8) is 0 Å². The number of benzene rings is 1. The van der Waals surface area contributed by atoms with Gasteiger partial charge in [0.05, 0.1) is 11.0 Å². The Morgan fingerprint density at radius 2 is 1.95 bits per heavy atom. The molecule has 2 aromatic rings. The Labute approximate surface area is 116 Å². The van der Waals surface area contributed by atoms with Crippen molar-refractivity contribution in [2.45, 2.75) is 17.9 Å². The molecule has 19 heavy (non-hydrogen) atoms. The Morgan fingerprint density at radius 1 is 1.26 bits per heavy atom. The van der Waals surface area contributed by atoms with Crippen molar-refractivity contribution in [2.75, 3.05) is 6.54 Å². The van der Waals surface area contributed by atoms with E-state index >= 15 is 0 Å². The van der Waals surface area contributed by atoms with E-state index in [2.05, 4.69) is 4.72 Å². The maximum atomic E-state index is 12.0. The number of aryl methyl sites for hydroxylation is 1. The molecule has 0 radical (unpaired) electrons. The second-order valence-electron chi connectivity index (χ2n) is 4.24. The minimum absolute atomic E-state index is 0.0348. The number of hydrogen-bond donors (Lipinski definition) is 2. The minimum Gasteiger partial charge on any atom is -0.387 e. The highest BCUT2D eigenvalue weighted by Gasteiger charge is 2.16. The predicted octanol–water partition coefficient (Wildman–Crippen LogP) is 2.07. The molecule has 1 heterocycles. The van der Waals surface area contributed by atoms with Crippen LogP contribution in [0.15, 0.2) is 46.0 Å². The maximum Gasteiger partial charge on any atom is 0.240 e. The highest BCUT2D eigenvalue weighted by atomic mass is 32.2. The smallest absolute Gasteiger partial charge is 0.240 e. The second kappa shape index (κ2) is 5.83. The van der Waals surface area contributed by atoms with Gasteiger partial charge < -0.3 is 5.11 Å². The zero-order valence-corrected chi connectivity index (χ0v) is 12.0. The highest BCUT2D eigenvalue weighted by Crippen LogP contribution is 2.16. The molecule has 6 heteroatoms. The van der Waals surface area contributed by atoms with Gasteiger partial charge in [-0.25, -0.2) is 13.1 Å². The second-order valence-corrected chi connectivity index (χ2v) is 6.78. The van der Waals surface area contributed by atoms with Gasteiger partial charge in [-0.15, -0.1) is 0 Å². The molecule has 0 saturated heterocycles. The van der Waals surface area contributed by atoms with Crippen LogP contribution in [0.25, 0.3) is 0 Å². The van der Waals surface area contributed by atoms with Crippen LogP contribution in [0, 0.1) is 6.92 Å². The van der Waals surface area contributed by atoms with Gasteiger partial charge in [0.1, 0.15) is 0 Å². The molecule has 0 saturated carbocycles. The number of aliphatic hydroxyl groups is 1. The summed E-state index contributed by atoms with van der Waals surface area (Å²) in [7, 11) is -3.57. The Kier molecular flexibility index (Phi) is 4.36. The Hall–Kier alpha value is -1.21. The van der Waals surface area contributed by atoms with Crippen molar-refractivity contribution in [2.24, 2.45) is 0 Å². The van der Waals surface area contributed by atoms with Gasteiger partial charge >= 0.3 is 0 Å². The van der Waals surface area contributed by atoms with E-state index in [-0.39, 0.29) is 11.4 Å². The number of nitrogens with one attached hydrogen (secondary N) is 1. The van der Waals surface area contributed by atoms with Crippen LogP contribution >= 0.6 is 11.3 Å². The molecule has 0 amide bonds. The van der Waals surface area contributed by atoms with Crippen LogP contribution in [0.2, 0.25) is 0 Å². The van der Waals surface area contributed by atoms with E-state index < -0.39 is 16.1 Å². The summed E-state index contributed by atoms with van der Waals surface area (Å²) in [6.45, 7) is 1.86. The topological polar surface area (TPSA) is 66.4 Å². The quantitative estimate of drug-likeness (QED) is 0.888. The first-order valence-electron chi connectivity index (χ1n) is 5.75. The molecule has 102 valence electrons. The van der Waals surface area contributed by atoms with Crippen molar-refractivity contribution in [1.82, 2.24) is 4.72 Å². The lowest BCUT2D eigenvalue weighted by Crippen LogP contribution is -2.28. The summed E-state index contributed by atoms with van der Waals surface area (Å²) < 4.78 is 26.4. The maximum absolute atomic E-state index is 12.0. The number of aliphatic hydroxyl groups excluding tert-OH is 1. The van der Waals surface area contributed by atoms with Crippen molar-refractivity contribution >= 4 is 21.4 Å². The van der Waals surface area contributed by atoms with Crippen LogP contribution in [0.4, 0.5) is 0 Å². The first-order valence-corrected chi connectivity index (χ1v) is 8.18. The fourth-order valence-electron chi connectivity index (χ4n) is 1.57. The minimum atomic E-state index is -3.57. The van der Waals surface area contributed by atoms with Crippen molar-refractivity contribution in [3.8, 4) is 0 Å². The summed E-state index contributed by atoms with van der Waals surface area (Å²) in [5, 5.41) is 13.5. The zero-order chi connectivity index (χ0) is 13.9. The number of thiophene rings is 1. The van der Waals surface area contributed by atoms with Crippen LogP contribution in [-0.4, -0.2) is 20.1 Å². The molecule has 1 aromatic carbocycles. The van der Waals surface area contributed by atoms with Gasteiger partial charge in [-0.2, -0.15) is 11.3 Å². The molecule has 1 atom stereocenters. The van der Waals surface area contributed by atoms with Gasteiger partial charge in [0.25, 0.3) is 0 Å². The summed E-state index contributed by atoms with van der Waals surface area (Å²) in [5.41, 5.74) is 1.72. The van der Waals surface area contributed by atoms with Gasteiger partial charge in [0.15, 0.2) is 0 Å². The Bertz CT molecular complexity index is 618. The van der Waals surface area contributed by atoms with E-state index in [9.17, 15) is 13.5 Å². The summed E-state index contributed by atoms with van der Waals surface area (Å²) in [5.74, 6) is 0. The Balaban J connectivity index is 2.04. The first-order chi connectivity index (χ1) is 8.99. The summed E-state index contributed by atoms with van der Waals surface area (Å²) in [4.78, 5) is 0.204. The molecule has 1 unspecified atom stereocenters. The molecular formula is C13H15NO3S2. The lowest BCUT2D eigenvalue weighted by molar-refractivity contribution is 0.182. The molecule has 0 aliphatic rings. The fourth-order valence-corrected chi connectivity index (χ4v) is 3.32. The number of hydrogen-bond acceptors (Lipinski definition) is 4. The summed E-state index contributed by atoms with van der Waals surface area (Å²) >= 11 is 1.46. The van der Waals surface area contributed by atoms with E-state index in [0.717, 1.165) is 11.1 Å². The molecular weight excluding hydrogens is 282 g/mol. The average molecular weight is 297 g/mol. The normalized spacial score (nSPS) is 13.4. The molecule has 0 fully saturated rings. The monoisotopic (exact) mass is 297 g/mol. The predicted molar refractivity (Wildman–Crippen MR) is 75.6 cm³/mol. The third kappa shape index (κ3) is 3.63. The highest BCUT2D eigenvalue weighted by molar-refractivity contribution is 7.89. The zero-order valence-electron chi connectivity index (χ0n) is 10.4. The van der Waals surface area contributed by atoms with Gasteiger partial charge in [0, 0.05) is 6.54 Å². The van der Waals surface area contributed by atoms with Crippen molar-refractivity contribution in [1.29, 1.82) is 0 Å². The van der Waals surface area contributed by atoms with E-state index in [4.69, 9.17) is 0 Å². The molecule has 0 aliphatic carbocycles. The van der Waals surface area contributed by atoms with Crippen LogP contribution in [0.1, 0.15) is 17.2 Å². The van der Waals surface area contributed by atoms with Gasteiger partial charge in [0.2, 0.25) is 10.0 Å². The van der Waals surface area contributed by atoms with Crippen molar-refractivity contribution in [3.05, 3.63) is 52.2 Å². The lowest BCUT2D eigenvalue weighted by Gasteiger charge is -2.11. The molecule has 4 nitrogen and oxygen atoms in total. The SMILES string of the molecule is Cc1ccc(S(=O)(=O)NCC(O)c2ccsc2)cc1. The molecule has 2 rings (SSSR count). The van der Waals surface area contributed by atoms with Crippen LogP contribution < -0.4 is 4.72 Å². The summed E-state index contributed by atoms with van der Waals surface area (Å²) in [6, 6.07) is 8.35. The molecule has 1 aromatic heterocycles. The van der Waals surface area contributed by atoms with Crippen LogP contribution in [0.5, 0.6) is 0 Å². The van der Waals surface area contributed by atoms with E-state index in [0.29, 0.717) is 0 Å². The third-order valence-electron chi connectivity index (χ3n) is 2.73. The Morgan fingerprint density at radius 3 is 2.53 bits per heavy atom. The molecule has 0 bridgehead atoms. The number of sulfonamides is 1. The lowest BCUT2D eigenvalue weighted by atomic mass is 10.2.